The molecule has 0 fully saturated rings. The van der Waals surface area contributed by atoms with Crippen molar-refractivity contribution in [1.82, 2.24) is 9.58 Å². The minimum absolute atomic E-state index is 0.0544. The molecule has 1 amide bonds. The molecule has 3 heterocycles. The largest absolute Gasteiger partial charge is 0.318 e. The van der Waals surface area contributed by atoms with Crippen LogP contribution in [-0.4, -0.2) is 30.9 Å². The molecule has 176 valence electrons. The third-order valence-electron chi connectivity index (χ3n) is 6.16. The summed E-state index contributed by atoms with van der Waals surface area (Å²) in [4.78, 5) is 17.1. The zero-order valence-corrected chi connectivity index (χ0v) is 21.6. The Labute approximate surface area is 213 Å². The summed E-state index contributed by atoms with van der Waals surface area (Å²) in [6, 6.07) is 18.6. The molecule has 0 saturated carbocycles. The van der Waals surface area contributed by atoms with Gasteiger partial charge >= 0.3 is 0 Å². The maximum Gasteiger partial charge on any atom is 0.283 e. The number of aryl methyl sites for hydroxylation is 3. The standard InChI is InChI=1S/C27H25N5OS2/c1-16-10-11-22(12-17(16)2)31-18(3)13-21(19(31)4)14-23-24(28)32-26(29-25(23)33)35-27(30-32)34-15-20-8-6-5-7-9-20/h5-14,28H,15H2,1-4H3/b23-14+,28-24?. The molecule has 0 aliphatic carbocycles. The number of carbonyl (C=O) groups excluding carboxylic acids is 1. The van der Waals surface area contributed by atoms with E-state index in [-0.39, 0.29) is 11.4 Å². The Morgan fingerprint density at radius 1 is 1.03 bits per heavy atom. The molecule has 0 bridgehead atoms. The Morgan fingerprint density at radius 2 is 1.80 bits per heavy atom. The number of carbonyl (C=O) groups is 1. The molecule has 3 aromatic rings. The van der Waals surface area contributed by atoms with Gasteiger partial charge in [-0.25, -0.2) is 0 Å². The van der Waals surface area contributed by atoms with Crippen molar-refractivity contribution in [3.05, 3.63) is 93.8 Å². The van der Waals surface area contributed by atoms with Gasteiger partial charge in [0.05, 0.1) is 5.57 Å². The minimum Gasteiger partial charge on any atom is -0.318 e. The van der Waals surface area contributed by atoms with Gasteiger partial charge in [0.2, 0.25) is 5.17 Å². The summed E-state index contributed by atoms with van der Waals surface area (Å²) in [7, 11) is 0. The van der Waals surface area contributed by atoms with Crippen LogP contribution < -0.4 is 0 Å². The SMILES string of the molecule is Cc1ccc(-n2c(C)cc(/C=C3\C(=N)N4N=C(SCc5ccccc5)SC4=NC3=O)c2C)cc1C. The number of aliphatic imine (C=N–C) groups is 1. The van der Waals surface area contributed by atoms with E-state index in [1.807, 2.05) is 38.1 Å². The van der Waals surface area contributed by atoms with Crippen LogP contribution in [0, 0.1) is 33.1 Å². The van der Waals surface area contributed by atoms with Crippen LogP contribution in [0.15, 0.2) is 70.3 Å². The molecule has 0 unspecified atom stereocenters. The molecule has 0 atom stereocenters. The summed E-state index contributed by atoms with van der Waals surface area (Å²) in [6.07, 6.45) is 1.76. The fourth-order valence-corrected chi connectivity index (χ4v) is 5.99. The van der Waals surface area contributed by atoms with Gasteiger partial charge in [0.25, 0.3) is 5.91 Å². The first-order valence-electron chi connectivity index (χ1n) is 11.3. The van der Waals surface area contributed by atoms with Gasteiger partial charge in [0.1, 0.15) is 0 Å². The van der Waals surface area contributed by atoms with Crippen molar-refractivity contribution in [1.29, 1.82) is 5.41 Å². The normalized spacial score (nSPS) is 16.6. The number of hydrogen-bond acceptors (Lipinski definition) is 5. The summed E-state index contributed by atoms with van der Waals surface area (Å²) in [5.41, 5.74) is 7.95. The summed E-state index contributed by atoms with van der Waals surface area (Å²) in [6.45, 7) is 8.28. The first-order chi connectivity index (χ1) is 16.8. The average molecular weight is 500 g/mol. The molecule has 0 radical (unpaired) electrons. The lowest BCUT2D eigenvalue weighted by Gasteiger charge is -2.20. The van der Waals surface area contributed by atoms with E-state index in [0.29, 0.717) is 5.17 Å². The quantitative estimate of drug-likeness (QED) is 0.433. The Balaban J connectivity index is 1.41. The van der Waals surface area contributed by atoms with Crippen molar-refractivity contribution in [2.45, 2.75) is 33.4 Å². The molecule has 1 aromatic heterocycles. The molecule has 35 heavy (non-hydrogen) atoms. The van der Waals surface area contributed by atoms with Gasteiger partial charge < -0.3 is 4.57 Å². The highest BCUT2D eigenvalue weighted by atomic mass is 32.2. The first kappa shape index (κ1) is 23.4. The Bertz CT molecular complexity index is 1450. The van der Waals surface area contributed by atoms with Crippen LogP contribution >= 0.6 is 23.5 Å². The van der Waals surface area contributed by atoms with Crippen LogP contribution in [-0.2, 0) is 10.5 Å². The van der Waals surface area contributed by atoms with Crippen molar-refractivity contribution in [2.24, 2.45) is 10.1 Å². The van der Waals surface area contributed by atoms with E-state index in [1.165, 1.54) is 33.5 Å². The number of rotatable bonds is 4. The van der Waals surface area contributed by atoms with Crippen LogP contribution in [0.25, 0.3) is 11.8 Å². The fourth-order valence-electron chi connectivity index (χ4n) is 4.10. The topological polar surface area (TPSA) is 73.8 Å². The molecule has 8 heteroatoms. The maximum absolute atomic E-state index is 12.9. The number of amidine groups is 2. The second-order valence-corrected chi connectivity index (χ2v) is 10.8. The lowest BCUT2D eigenvalue weighted by Crippen LogP contribution is -2.35. The molecule has 0 saturated heterocycles. The highest BCUT2D eigenvalue weighted by molar-refractivity contribution is 8.45. The third-order valence-corrected chi connectivity index (χ3v) is 8.27. The van der Waals surface area contributed by atoms with Crippen molar-refractivity contribution in [3.8, 4) is 5.69 Å². The number of nitrogens with one attached hydrogen (secondary N) is 1. The molecule has 6 nitrogen and oxygen atoms in total. The number of benzene rings is 2. The zero-order chi connectivity index (χ0) is 24.7. The van der Waals surface area contributed by atoms with Gasteiger partial charge in [-0.15, -0.1) is 5.10 Å². The molecule has 2 aromatic carbocycles. The first-order valence-corrected chi connectivity index (χ1v) is 13.1. The predicted octanol–water partition coefficient (Wildman–Crippen LogP) is 6.22. The molecule has 0 spiro atoms. The van der Waals surface area contributed by atoms with E-state index in [9.17, 15) is 4.79 Å². The summed E-state index contributed by atoms with van der Waals surface area (Å²) >= 11 is 2.91. The molecule has 1 N–H and O–H groups in total. The summed E-state index contributed by atoms with van der Waals surface area (Å²) in [5.74, 6) is 0.412. The number of nitrogens with zero attached hydrogens (tertiary/aromatic N) is 4. The Morgan fingerprint density at radius 3 is 2.54 bits per heavy atom. The highest BCUT2D eigenvalue weighted by Gasteiger charge is 2.36. The predicted molar refractivity (Wildman–Crippen MR) is 147 cm³/mol. The van der Waals surface area contributed by atoms with Gasteiger partial charge in [-0.05, 0) is 86.0 Å². The van der Waals surface area contributed by atoms with Crippen LogP contribution in [0.5, 0.6) is 0 Å². The third kappa shape index (κ3) is 4.51. The molecule has 2 aliphatic rings. The van der Waals surface area contributed by atoms with Crippen LogP contribution in [0.4, 0.5) is 0 Å². The smallest absolute Gasteiger partial charge is 0.283 e. The van der Waals surface area contributed by atoms with E-state index in [2.05, 4.69) is 58.8 Å². The second-order valence-electron chi connectivity index (χ2n) is 8.59. The number of fused-ring (bicyclic) bond motifs is 1. The van der Waals surface area contributed by atoms with Crippen LogP contribution in [0.3, 0.4) is 0 Å². The Kier molecular flexibility index (Phi) is 6.25. The van der Waals surface area contributed by atoms with Gasteiger partial charge in [-0.2, -0.15) is 10.0 Å². The molecular formula is C27H25N5OS2. The fraction of sp³-hybridized carbons (Fsp3) is 0.185. The number of amides is 1. The maximum atomic E-state index is 12.9. The van der Waals surface area contributed by atoms with Crippen LogP contribution in [0.1, 0.15) is 33.6 Å². The number of thioether (sulfide) groups is 2. The van der Waals surface area contributed by atoms with E-state index >= 15 is 0 Å². The van der Waals surface area contributed by atoms with E-state index in [4.69, 9.17) is 5.41 Å². The van der Waals surface area contributed by atoms with Gasteiger partial charge in [0.15, 0.2) is 10.2 Å². The number of hydrogen-bond donors (Lipinski definition) is 1. The molecule has 2 aliphatic heterocycles. The van der Waals surface area contributed by atoms with Crippen molar-refractivity contribution < 1.29 is 4.79 Å². The monoisotopic (exact) mass is 499 g/mol. The summed E-state index contributed by atoms with van der Waals surface area (Å²) in [5, 5.41) is 15.2. The lowest BCUT2D eigenvalue weighted by atomic mass is 10.1. The van der Waals surface area contributed by atoms with Crippen molar-refractivity contribution in [3.63, 3.8) is 0 Å². The number of hydrazone groups is 1. The minimum atomic E-state index is -0.408. The highest BCUT2D eigenvalue weighted by Crippen LogP contribution is 2.34. The van der Waals surface area contributed by atoms with Crippen molar-refractivity contribution in [2.75, 3.05) is 0 Å². The van der Waals surface area contributed by atoms with Crippen molar-refractivity contribution >= 4 is 50.9 Å². The summed E-state index contributed by atoms with van der Waals surface area (Å²) < 4.78 is 2.95. The molecular weight excluding hydrogens is 474 g/mol. The van der Waals surface area contributed by atoms with E-state index in [0.717, 1.165) is 32.8 Å². The van der Waals surface area contributed by atoms with Crippen LogP contribution in [0.2, 0.25) is 0 Å². The van der Waals surface area contributed by atoms with Gasteiger partial charge in [-0.3, -0.25) is 10.2 Å². The van der Waals surface area contributed by atoms with Gasteiger partial charge in [0, 0.05) is 22.8 Å². The molecule has 5 rings (SSSR count). The van der Waals surface area contributed by atoms with Gasteiger partial charge in [-0.1, -0.05) is 48.2 Å². The Hall–Kier alpha value is -3.36. The van der Waals surface area contributed by atoms with E-state index in [1.54, 1.807) is 17.8 Å². The lowest BCUT2D eigenvalue weighted by molar-refractivity contribution is -0.114. The second kappa shape index (κ2) is 9.36. The average Bonchev–Trinajstić information content (AvgIpc) is 3.37. The van der Waals surface area contributed by atoms with E-state index < -0.39 is 5.91 Å². The number of aromatic nitrogens is 1. The zero-order valence-electron chi connectivity index (χ0n) is 20.0.